The van der Waals surface area contributed by atoms with Crippen LogP contribution in [-0.4, -0.2) is 60.6 Å². The van der Waals surface area contributed by atoms with Crippen molar-refractivity contribution in [1.29, 1.82) is 0 Å². The third-order valence-electron chi connectivity index (χ3n) is 7.07. The lowest BCUT2D eigenvalue weighted by Crippen LogP contribution is -2.44. The molecule has 0 N–H and O–H groups in total. The van der Waals surface area contributed by atoms with E-state index in [-0.39, 0.29) is 11.9 Å². The molecule has 6 nitrogen and oxygen atoms in total. The third-order valence-corrected chi connectivity index (χ3v) is 7.07. The number of benzene rings is 2. The molecule has 6 heteroatoms. The van der Waals surface area contributed by atoms with Crippen molar-refractivity contribution in [3.63, 3.8) is 0 Å². The minimum Gasteiger partial charge on any atom is -0.493 e. The monoisotopic (exact) mass is 445 g/mol. The predicted molar refractivity (Wildman–Crippen MR) is 129 cm³/mol. The highest BCUT2D eigenvalue weighted by molar-refractivity contribution is 5.98. The summed E-state index contributed by atoms with van der Waals surface area (Å²) in [6.45, 7) is 3.60. The van der Waals surface area contributed by atoms with Gasteiger partial charge in [0.05, 0.1) is 25.3 Å². The van der Waals surface area contributed by atoms with Crippen LogP contribution in [0.25, 0.3) is 10.9 Å². The highest BCUT2D eigenvalue weighted by atomic mass is 16.5. The molecule has 5 rings (SSSR count). The van der Waals surface area contributed by atoms with Crippen molar-refractivity contribution in [3.05, 3.63) is 65.9 Å². The Bertz CT molecular complexity index is 1150. The van der Waals surface area contributed by atoms with Crippen LogP contribution in [0.15, 0.2) is 54.7 Å². The van der Waals surface area contributed by atoms with Crippen LogP contribution in [-0.2, 0) is 6.54 Å². The molecule has 172 valence electrons. The molecule has 0 radical (unpaired) electrons. The first-order valence-electron chi connectivity index (χ1n) is 11.8. The fourth-order valence-electron chi connectivity index (χ4n) is 5.51. The van der Waals surface area contributed by atoms with E-state index in [1.165, 1.54) is 17.4 Å². The van der Waals surface area contributed by atoms with E-state index in [9.17, 15) is 4.79 Å². The third kappa shape index (κ3) is 4.27. The normalized spacial score (nSPS) is 21.0. The van der Waals surface area contributed by atoms with Crippen LogP contribution in [0, 0.1) is 5.92 Å². The first kappa shape index (κ1) is 21.7. The second kappa shape index (κ2) is 9.40. The van der Waals surface area contributed by atoms with Gasteiger partial charge in [0.1, 0.15) is 0 Å². The summed E-state index contributed by atoms with van der Waals surface area (Å²) in [7, 11) is 3.20. The Morgan fingerprint density at radius 1 is 1.06 bits per heavy atom. The van der Waals surface area contributed by atoms with Crippen molar-refractivity contribution in [2.75, 3.05) is 33.9 Å². The van der Waals surface area contributed by atoms with Crippen LogP contribution in [0.2, 0.25) is 0 Å². The van der Waals surface area contributed by atoms with Gasteiger partial charge in [-0.25, -0.2) is 0 Å². The van der Waals surface area contributed by atoms with E-state index in [2.05, 4.69) is 39.0 Å². The number of hydrogen-bond donors (Lipinski definition) is 0. The molecule has 0 aliphatic carbocycles. The van der Waals surface area contributed by atoms with E-state index in [0.29, 0.717) is 23.0 Å². The lowest BCUT2D eigenvalue weighted by Gasteiger charge is -2.31. The maximum absolute atomic E-state index is 13.7. The topological polar surface area (TPSA) is 54.9 Å². The van der Waals surface area contributed by atoms with Crippen molar-refractivity contribution in [2.24, 2.45) is 5.92 Å². The number of carbonyl (C=O) groups is 1. The predicted octanol–water partition coefficient (Wildman–Crippen LogP) is 4.38. The van der Waals surface area contributed by atoms with E-state index >= 15 is 0 Å². The summed E-state index contributed by atoms with van der Waals surface area (Å²) in [5.41, 5.74) is 2.90. The number of aromatic nitrogens is 1. The number of para-hydroxylation sites is 1. The summed E-state index contributed by atoms with van der Waals surface area (Å²) in [5.74, 6) is 1.65. The first-order valence-corrected chi connectivity index (χ1v) is 11.8. The molecule has 0 saturated carbocycles. The molecule has 1 amide bonds. The summed E-state index contributed by atoms with van der Waals surface area (Å²) in [6, 6.07) is 16.4. The maximum atomic E-state index is 13.7. The number of pyridine rings is 1. The molecule has 0 bridgehead atoms. The lowest BCUT2D eigenvalue weighted by atomic mass is 9.98. The Morgan fingerprint density at radius 2 is 1.97 bits per heavy atom. The molecule has 2 aromatic carbocycles. The van der Waals surface area contributed by atoms with Gasteiger partial charge >= 0.3 is 0 Å². The molecule has 0 unspecified atom stereocenters. The molecule has 0 spiro atoms. The van der Waals surface area contributed by atoms with Crippen molar-refractivity contribution in [1.82, 2.24) is 14.8 Å². The average Bonchev–Trinajstić information content (AvgIpc) is 3.14. The zero-order valence-corrected chi connectivity index (χ0v) is 19.4. The zero-order valence-electron chi connectivity index (χ0n) is 19.4. The molecule has 1 aromatic heterocycles. The Kier molecular flexibility index (Phi) is 6.18. The van der Waals surface area contributed by atoms with E-state index < -0.39 is 0 Å². The molecular weight excluding hydrogens is 414 g/mol. The number of hydrogen-bond acceptors (Lipinski definition) is 5. The Hall–Kier alpha value is -3.12. The molecule has 2 aliphatic rings. The van der Waals surface area contributed by atoms with Gasteiger partial charge in [0, 0.05) is 43.8 Å². The highest BCUT2D eigenvalue weighted by Crippen LogP contribution is 2.36. The quantitative estimate of drug-likeness (QED) is 0.583. The van der Waals surface area contributed by atoms with Gasteiger partial charge in [-0.1, -0.05) is 24.6 Å². The largest absolute Gasteiger partial charge is 0.493 e. The van der Waals surface area contributed by atoms with Crippen molar-refractivity contribution >= 4 is 16.8 Å². The molecule has 33 heavy (non-hydrogen) atoms. The average molecular weight is 446 g/mol. The lowest BCUT2D eigenvalue weighted by molar-refractivity contribution is 0.0659. The number of fused-ring (bicyclic) bond motifs is 2. The van der Waals surface area contributed by atoms with Gasteiger partial charge in [0.2, 0.25) is 0 Å². The molecule has 3 heterocycles. The number of amides is 1. The summed E-state index contributed by atoms with van der Waals surface area (Å²) in [5, 5.41) is 1.17. The molecule has 2 fully saturated rings. The van der Waals surface area contributed by atoms with Crippen molar-refractivity contribution < 1.29 is 14.3 Å². The van der Waals surface area contributed by atoms with E-state index in [0.717, 1.165) is 44.5 Å². The smallest absolute Gasteiger partial charge is 0.258 e. The van der Waals surface area contributed by atoms with E-state index in [4.69, 9.17) is 9.47 Å². The summed E-state index contributed by atoms with van der Waals surface area (Å²) < 4.78 is 11.0. The van der Waals surface area contributed by atoms with Gasteiger partial charge in [-0.15, -0.1) is 0 Å². The van der Waals surface area contributed by atoms with Crippen LogP contribution in [0.1, 0.15) is 35.2 Å². The van der Waals surface area contributed by atoms with Crippen LogP contribution in [0.3, 0.4) is 0 Å². The van der Waals surface area contributed by atoms with E-state index in [1.807, 2.05) is 30.5 Å². The summed E-state index contributed by atoms with van der Waals surface area (Å²) >= 11 is 0. The summed E-state index contributed by atoms with van der Waals surface area (Å²) in [4.78, 5) is 22.7. The Balaban J connectivity index is 1.37. The fourth-order valence-corrected chi connectivity index (χ4v) is 5.51. The van der Waals surface area contributed by atoms with Crippen LogP contribution >= 0.6 is 0 Å². The number of nitrogens with zero attached hydrogens (tertiary/aromatic N) is 3. The van der Waals surface area contributed by atoms with E-state index in [1.54, 1.807) is 14.2 Å². The van der Waals surface area contributed by atoms with Gasteiger partial charge in [0.15, 0.2) is 11.5 Å². The van der Waals surface area contributed by atoms with Gasteiger partial charge in [-0.3, -0.25) is 14.7 Å². The van der Waals surface area contributed by atoms with Crippen molar-refractivity contribution in [3.8, 4) is 11.5 Å². The minimum atomic E-state index is 0.0429. The Morgan fingerprint density at radius 3 is 2.82 bits per heavy atom. The number of ether oxygens (including phenoxy) is 2. The number of likely N-dealkylation sites (tertiary alicyclic amines) is 2. The zero-order chi connectivity index (χ0) is 22.8. The van der Waals surface area contributed by atoms with Crippen molar-refractivity contribution in [2.45, 2.75) is 31.8 Å². The van der Waals surface area contributed by atoms with Gasteiger partial charge < -0.3 is 14.4 Å². The van der Waals surface area contributed by atoms with Crippen LogP contribution < -0.4 is 9.47 Å². The summed E-state index contributed by atoms with van der Waals surface area (Å²) in [6.07, 6.45) is 5.21. The first-order chi connectivity index (χ1) is 16.2. The standard InChI is InChI=1S/C27H31N3O3/c1-32-25-10-5-9-22(26(25)33-2)27(31)30-14-4-3-7-21-17-29(18-24(21)30)16-19-11-12-23-20(15-19)8-6-13-28-23/h5-6,8-13,15,21,24H,3-4,7,14,16-18H2,1-2H3/t21-,24+/m0/s1. The van der Waals surface area contributed by atoms with Crippen LogP contribution in [0.4, 0.5) is 0 Å². The van der Waals surface area contributed by atoms with Gasteiger partial charge in [0.25, 0.3) is 5.91 Å². The minimum absolute atomic E-state index is 0.0429. The number of methoxy groups -OCH3 is 2. The van der Waals surface area contributed by atoms with Gasteiger partial charge in [-0.2, -0.15) is 0 Å². The SMILES string of the molecule is COc1cccc(C(=O)N2CCCC[C@H]3CN(Cc4ccc5ncccc5c4)C[C@H]32)c1OC. The van der Waals surface area contributed by atoms with Crippen LogP contribution in [0.5, 0.6) is 11.5 Å². The maximum Gasteiger partial charge on any atom is 0.258 e. The Labute approximate surface area is 195 Å². The molecule has 3 aromatic rings. The molecule has 2 atom stereocenters. The fraction of sp³-hybridized carbons (Fsp3) is 0.407. The molecule has 2 saturated heterocycles. The second-order valence-electron chi connectivity index (χ2n) is 9.09. The van der Waals surface area contributed by atoms with Gasteiger partial charge in [-0.05, 0) is 54.7 Å². The number of rotatable bonds is 5. The molecule has 2 aliphatic heterocycles. The number of carbonyl (C=O) groups excluding carboxylic acids is 1. The highest BCUT2D eigenvalue weighted by Gasteiger charge is 2.40. The molecular formula is C27H31N3O3. The second-order valence-corrected chi connectivity index (χ2v) is 9.09.